The Morgan fingerprint density at radius 3 is 2.94 bits per heavy atom. The fraction of sp³-hybridized carbons (Fsp3) is 0.308. The van der Waals surface area contributed by atoms with Crippen LogP contribution in [0.1, 0.15) is 12.6 Å². The molecule has 0 fully saturated rings. The first-order chi connectivity index (χ1) is 8.09. The van der Waals surface area contributed by atoms with Crippen LogP contribution in [0.2, 0.25) is 0 Å². The molecule has 0 amide bonds. The highest BCUT2D eigenvalue weighted by Crippen LogP contribution is 2.24. The molecule has 2 aromatic rings. The molecule has 2 N–H and O–H groups in total. The first kappa shape index (κ1) is 11.5. The predicted octanol–water partition coefficient (Wildman–Crippen LogP) is 2.10. The van der Waals surface area contributed by atoms with E-state index in [1.807, 2.05) is 25.1 Å². The van der Waals surface area contributed by atoms with Gasteiger partial charge in [-0.15, -0.1) is 0 Å². The molecule has 0 unspecified atom stereocenters. The lowest BCUT2D eigenvalue weighted by Gasteiger charge is -2.08. The zero-order valence-electron chi connectivity index (χ0n) is 10.1. The number of benzene rings is 1. The molecule has 4 heteroatoms. The van der Waals surface area contributed by atoms with Gasteiger partial charge in [0.2, 0.25) is 0 Å². The Morgan fingerprint density at radius 2 is 2.24 bits per heavy atom. The number of fused-ring (bicyclic) bond motifs is 1. The summed E-state index contributed by atoms with van der Waals surface area (Å²) in [5.41, 5.74) is 8.89. The number of nitrogens with zero attached hydrogens (tertiary/aromatic N) is 1. The number of nitrogens with two attached hydrogens (primary N) is 1. The van der Waals surface area contributed by atoms with Crippen molar-refractivity contribution in [2.24, 2.45) is 0 Å². The SMILES string of the molecule is CC(=O)OCCn1c(C)cc2c(N)cccc21. The van der Waals surface area contributed by atoms with E-state index in [4.69, 9.17) is 10.5 Å². The van der Waals surface area contributed by atoms with Crippen LogP contribution in [0.15, 0.2) is 24.3 Å². The molecule has 0 radical (unpaired) electrons. The van der Waals surface area contributed by atoms with Crippen molar-refractivity contribution in [2.45, 2.75) is 20.4 Å². The molecular weight excluding hydrogens is 216 g/mol. The van der Waals surface area contributed by atoms with Gasteiger partial charge in [0.15, 0.2) is 0 Å². The van der Waals surface area contributed by atoms with Crippen molar-refractivity contribution in [1.29, 1.82) is 0 Å². The van der Waals surface area contributed by atoms with Crippen molar-refractivity contribution in [2.75, 3.05) is 12.3 Å². The molecule has 0 atom stereocenters. The minimum Gasteiger partial charge on any atom is -0.464 e. The number of aryl methyl sites for hydroxylation is 1. The zero-order valence-corrected chi connectivity index (χ0v) is 10.1. The Labute approximate surface area is 100.0 Å². The van der Waals surface area contributed by atoms with Gasteiger partial charge >= 0.3 is 5.97 Å². The molecular formula is C13H16N2O2. The standard InChI is InChI=1S/C13H16N2O2/c1-9-8-11-12(14)4-3-5-13(11)15(9)6-7-17-10(2)16/h3-5,8H,6-7,14H2,1-2H3. The van der Waals surface area contributed by atoms with Crippen LogP contribution >= 0.6 is 0 Å². The van der Waals surface area contributed by atoms with E-state index in [1.54, 1.807) is 0 Å². The smallest absolute Gasteiger partial charge is 0.302 e. The van der Waals surface area contributed by atoms with Crippen molar-refractivity contribution in [3.63, 3.8) is 0 Å². The number of hydrogen-bond acceptors (Lipinski definition) is 3. The molecule has 1 aromatic heterocycles. The van der Waals surface area contributed by atoms with Crippen LogP contribution in [0, 0.1) is 6.92 Å². The van der Waals surface area contributed by atoms with Gasteiger partial charge in [0.05, 0.1) is 12.1 Å². The molecule has 2 rings (SSSR count). The fourth-order valence-corrected chi connectivity index (χ4v) is 2.02. The first-order valence-electron chi connectivity index (χ1n) is 5.57. The second-order valence-electron chi connectivity index (χ2n) is 4.06. The fourth-order valence-electron chi connectivity index (χ4n) is 2.02. The lowest BCUT2D eigenvalue weighted by molar-refractivity contribution is -0.141. The lowest BCUT2D eigenvalue weighted by atomic mass is 10.2. The summed E-state index contributed by atoms with van der Waals surface area (Å²) in [7, 11) is 0. The number of rotatable bonds is 3. The van der Waals surface area contributed by atoms with Crippen LogP contribution < -0.4 is 5.73 Å². The molecule has 0 saturated carbocycles. The van der Waals surface area contributed by atoms with Crippen molar-refractivity contribution >= 4 is 22.6 Å². The predicted molar refractivity (Wildman–Crippen MR) is 67.7 cm³/mol. The van der Waals surface area contributed by atoms with Crippen LogP contribution in [-0.4, -0.2) is 17.1 Å². The summed E-state index contributed by atoms with van der Waals surface area (Å²) in [6.45, 7) is 4.47. The topological polar surface area (TPSA) is 57.2 Å². The lowest BCUT2D eigenvalue weighted by Crippen LogP contribution is -2.09. The van der Waals surface area contributed by atoms with E-state index in [1.165, 1.54) is 6.92 Å². The van der Waals surface area contributed by atoms with E-state index >= 15 is 0 Å². The van der Waals surface area contributed by atoms with E-state index in [2.05, 4.69) is 10.6 Å². The van der Waals surface area contributed by atoms with Crippen molar-refractivity contribution in [1.82, 2.24) is 4.57 Å². The van der Waals surface area contributed by atoms with Gasteiger partial charge in [0, 0.05) is 23.7 Å². The monoisotopic (exact) mass is 232 g/mol. The van der Waals surface area contributed by atoms with Gasteiger partial charge in [-0.2, -0.15) is 0 Å². The van der Waals surface area contributed by atoms with Gasteiger partial charge < -0.3 is 15.0 Å². The number of hydrogen-bond donors (Lipinski definition) is 1. The van der Waals surface area contributed by atoms with E-state index in [-0.39, 0.29) is 5.97 Å². The average Bonchev–Trinajstić information content (AvgIpc) is 2.57. The largest absolute Gasteiger partial charge is 0.464 e. The zero-order chi connectivity index (χ0) is 12.4. The van der Waals surface area contributed by atoms with Crippen LogP contribution in [-0.2, 0) is 16.1 Å². The quantitative estimate of drug-likeness (QED) is 0.651. The Bertz CT molecular complexity index is 558. The van der Waals surface area contributed by atoms with E-state index in [9.17, 15) is 4.79 Å². The van der Waals surface area contributed by atoms with E-state index < -0.39 is 0 Å². The molecule has 4 nitrogen and oxygen atoms in total. The summed E-state index contributed by atoms with van der Waals surface area (Å²) in [6.07, 6.45) is 0. The molecule has 0 aliphatic rings. The van der Waals surface area contributed by atoms with Crippen molar-refractivity contribution in [3.8, 4) is 0 Å². The second kappa shape index (κ2) is 4.49. The van der Waals surface area contributed by atoms with Crippen molar-refractivity contribution < 1.29 is 9.53 Å². The minimum absolute atomic E-state index is 0.251. The molecule has 0 saturated heterocycles. The number of esters is 1. The number of carbonyl (C=O) groups excluding carboxylic acids is 1. The summed E-state index contributed by atoms with van der Waals surface area (Å²) in [5, 5.41) is 1.05. The maximum atomic E-state index is 10.7. The van der Waals surface area contributed by atoms with E-state index in [0.29, 0.717) is 13.2 Å². The summed E-state index contributed by atoms with van der Waals surface area (Å²) in [5.74, 6) is -0.251. The number of anilines is 1. The van der Waals surface area contributed by atoms with Gasteiger partial charge in [0.1, 0.15) is 6.61 Å². The Hall–Kier alpha value is -1.97. The summed E-state index contributed by atoms with van der Waals surface area (Å²) >= 11 is 0. The number of nitrogen functional groups attached to an aromatic ring is 1. The third-order valence-electron chi connectivity index (χ3n) is 2.81. The second-order valence-corrected chi connectivity index (χ2v) is 4.06. The van der Waals surface area contributed by atoms with Gasteiger partial charge in [-0.05, 0) is 25.1 Å². The van der Waals surface area contributed by atoms with E-state index in [0.717, 1.165) is 22.3 Å². The molecule has 0 spiro atoms. The third kappa shape index (κ3) is 2.25. The molecule has 1 aromatic carbocycles. The maximum Gasteiger partial charge on any atom is 0.302 e. The van der Waals surface area contributed by atoms with Crippen molar-refractivity contribution in [3.05, 3.63) is 30.0 Å². The van der Waals surface area contributed by atoms with Gasteiger partial charge in [-0.1, -0.05) is 6.07 Å². The Morgan fingerprint density at radius 1 is 1.47 bits per heavy atom. The average molecular weight is 232 g/mol. The van der Waals surface area contributed by atoms with Gasteiger partial charge in [-0.25, -0.2) is 0 Å². The molecule has 0 aliphatic carbocycles. The molecule has 17 heavy (non-hydrogen) atoms. The number of aromatic nitrogens is 1. The first-order valence-corrected chi connectivity index (χ1v) is 5.57. The van der Waals surface area contributed by atoms with Crippen LogP contribution in [0.4, 0.5) is 5.69 Å². The molecule has 0 bridgehead atoms. The van der Waals surface area contributed by atoms with Crippen LogP contribution in [0.25, 0.3) is 10.9 Å². The third-order valence-corrected chi connectivity index (χ3v) is 2.81. The molecule has 1 heterocycles. The molecule has 90 valence electrons. The normalized spacial score (nSPS) is 10.7. The van der Waals surface area contributed by atoms with Gasteiger partial charge in [-0.3, -0.25) is 4.79 Å². The molecule has 0 aliphatic heterocycles. The highest BCUT2D eigenvalue weighted by Gasteiger charge is 2.07. The number of carbonyl (C=O) groups is 1. The summed E-state index contributed by atoms with van der Waals surface area (Å²) < 4.78 is 7.06. The summed E-state index contributed by atoms with van der Waals surface area (Å²) in [4.78, 5) is 10.7. The Kier molecular flexibility index (Phi) is 3.04. The number of ether oxygens (including phenoxy) is 1. The van der Waals surface area contributed by atoms with Gasteiger partial charge in [0.25, 0.3) is 0 Å². The highest BCUT2D eigenvalue weighted by molar-refractivity contribution is 5.92. The minimum atomic E-state index is -0.251. The highest BCUT2D eigenvalue weighted by atomic mass is 16.5. The van der Waals surface area contributed by atoms with Crippen LogP contribution in [0.3, 0.4) is 0 Å². The Balaban J connectivity index is 2.30. The maximum absolute atomic E-state index is 10.7. The summed E-state index contributed by atoms with van der Waals surface area (Å²) in [6, 6.07) is 7.89. The van der Waals surface area contributed by atoms with Crippen LogP contribution in [0.5, 0.6) is 0 Å².